The molecule has 0 aromatic carbocycles. The van der Waals surface area contributed by atoms with Crippen molar-refractivity contribution in [3.63, 3.8) is 0 Å². The third-order valence-electron chi connectivity index (χ3n) is 10.6. The third kappa shape index (κ3) is 44.5. The van der Waals surface area contributed by atoms with Crippen molar-refractivity contribution in [1.29, 1.82) is 0 Å². The molecule has 0 bridgehead atoms. The Morgan fingerprint density at radius 3 is 1.10 bits per heavy atom. The van der Waals surface area contributed by atoms with Crippen LogP contribution in [0.4, 0.5) is 0 Å². The first-order chi connectivity index (χ1) is 28.5. The summed E-state index contributed by atoms with van der Waals surface area (Å²) < 4.78 is 16.7. The van der Waals surface area contributed by atoms with Gasteiger partial charge in [0.05, 0.1) is 0 Å². The van der Waals surface area contributed by atoms with Gasteiger partial charge in [0, 0.05) is 19.3 Å². The molecule has 0 amide bonds. The van der Waals surface area contributed by atoms with Crippen molar-refractivity contribution in [2.45, 2.75) is 252 Å². The Morgan fingerprint density at radius 1 is 0.362 bits per heavy atom. The summed E-state index contributed by atoms with van der Waals surface area (Å²) in [6.07, 6.45) is 55.2. The number of esters is 3. The van der Waals surface area contributed by atoms with Crippen LogP contribution in [0.25, 0.3) is 0 Å². The first kappa shape index (κ1) is 55.4. The van der Waals surface area contributed by atoms with Crippen LogP contribution in [0.1, 0.15) is 245 Å². The topological polar surface area (TPSA) is 78.9 Å². The van der Waals surface area contributed by atoms with Gasteiger partial charge in [0.25, 0.3) is 0 Å². The molecule has 336 valence electrons. The van der Waals surface area contributed by atoms with E-state index >= 15 is 0 Å². The van der Waals surface area contributed by atoms with E-state index in [9.17, 15) is 14.4 Å². The van der Waals surface area contributed by atoms with Gasteiger partial charge < -0.3 is 14.2 Å². The van der Waals surface area contributed by atoms with Crippen LogP contribution in [0.3, 0.4) is 0 Å². The summed E-state index contributed by atoms with van der Waals surface area (Å²) in [6.45, 7) is 6.48. The van der Waals surface area contributed by atoms with E-state index in [1.165, 1.54) is 135 Å². The molecule has 58 heavy (non-hydrogen) atoms. The standard InChI is InChI=1S/C52H92O6/c1-4-7-10-13-16-19-22-24-26-28-30-33-36-39-42-45-51(54)57-48-49(47-56-50(53)44-41-38-35-32-21-18-15-12-9-6-3)58-52(55)46-43-40-37-34-31-29-27-25-23-20-17-14-11-8-5-2/h7,10,13,16,19-20,22-23,49H,4-6,8-9,11-12,14-15,17-18,21,24-48H2,1-3H3/b10-7-,16-13-,22-19-,23-20-. The lowest BCUT2D eigenvalue weighted by Gasteiger charge is -2.18. The van der Waals surface area contributed by atoms with Crippen LogP contribution in [0.15, 0.2) is 48.6 Å². The average Bonchev–Trinajstić information content (AvgIpc) is 3.22. The van der Waals surface area contributed by atoms with Crippen LogP contribution in [-0.4, -0.2) is 37.2 Å². The smallest absolute Gasteiger partial charge is 0.306 e. The summed E-state index contributed by atoms with van der Waals surface area (Å²) in [7, 11) is 0. The second-order valence-corrected chi connectivity index (χ2v) is 16.4. The van der Waals surface area contributed by atoms with E-state index in [4.69, 9.17) is 14.2 Å². The fourth-order valence-corrected chi connectivity index (χ4v) is 6.91. The largest absolute Gasteiger partial charge is 0.462 e. The lowest BCUT2D eigenvalue weighted by Crippen LogP contribution is -2.30. The molecule has 0 aliphatic heterocycles. The van der Waals surface area contributed by atoms with Crippen molar-refractivity contribution < 1.29 is 28.6 Å². The maximum absolute atomic E-state index is 12.8. The van der Waals surface area contributed by atoms with Crippen LogP contribution in [0.2, 0.25) is 0 Å². The highest BCUT2D eigenvalue weighted by Gasteiger charge is 2.19. The molecule has 1 atom stereocenters. The Hall–Kier alpha value is -2.63. The van der Waals surface area contributed by atoms with Gasteiger partial charge in [-0.05, 0) is 64.2 Å². The molecule has 0 aliphatic rings. The van der Waals surface area contributed by atoms with Crippen molar-refractivity contribution in [2.75, 3.05) is 13.2 Å². The molecule has 0 aromatic heterocycles. The van der Waals surface area contributed by atoms with Crippen molar-refractivity contribution in [3.8, 4) is 0 Å². The van der Waals surface area contributed by atoms with Crippen molar-refractivity contribution in [1.82, 2.24) is 0 Å². The molecule has 0 saturated carbocycles. The van der Waals surface area contributed by atoms with Crippen molar-refractivity contribution >= 4 is 17.9 Å². The number of hydrogen-bond donors (Lipinski definition) is 0. The molecule has 6 heteroatoms. The summed E-state index contributed by atoms with van der Waals surface area (Å²) in [4.78, 5) is 37.8. The molecule has 0 fully saturated rings. The van der Waals surface area contributed by atoms with Crippen molar-refractivity contribution in [3.05, 3.63) is 48.6 Å². The van der Waals surface area contributed by atoms with Gasteiger partial charge >= 0.3 is 17.9 Å². The number of carbonyl (C=O) groups is 3. The summed E-state index contributed by atoms with van der Waals surface area (Å²) in [5.41, 5.74) is 0. The Kier molecular flexibility index (Phi) is 44.9. The zero-order valence-electron chi connectivity index (χ0n) is 38.3. The molecule has 0 saturated heterocycles. The zero-order valence-corrected chi connectivity index (χ0v) is 38.3. The van der Waals surface area contributed by atoms with Gasteiger partial charge in [0.15, 0.2) is 6.10 Å². The predicted octanol–water partition coefficient (Wildman–Crippen LogP) is 15.9. The lowest BCUT2D eigenvalue weighted by atomic mass is 10.1. The molecule has 0 heterocycles. The Bertz CT molecular complexity index is 1030. The van der Waals surface area contributed by atoms with Gasteiger partial charge in [-0.15, -0.1) is 0 Å². The molecule has 0 N–H and O–H groups in total. The molecule has 0 spiro atoms. The number of ether oxygens (including phenoxy) is 3. The minimum Gasteiger partial charge on any atom is -0.462 e. The fraction of sp³-hybridized carbons (Fsp3) is 0.788. The normalized spacial score (nSPS) is 12.4. The second-order valence-electron chi connectivity index (χ2n) is 16.4. The Balaban J connectivity index is 4.37. The quantitative estimate of drug-likeness (QED) is 0.0200. The number of unbranched alkanes of at least 4 members (excludes halogenated alkanes) is 27. The van der Waals surface area contributed by atoms with Gasteiger partial charge in [0.2, 0.25) is 0 Å². The number of carbonyl (C=O) groups excluding carboxylic acids is 3. The minimum atomic E-state index is -0.776. The fourth-order valence-electron chi connectivity index (χ4n) is 6.91. The van der Waals surface area contributed by atoms with E-state index in [1.54, 1.807) is 0 Å². The van der Waals surface area contributed by atoms with Crippen LogP contribution in [-0.2, 0) is 28.6 Å². The molecule has 1 unspecified atom stereocenters. The van der Waals surface area contributed by atoms with Gasteiger partial charge in [-0.2, -0.15) is 0 Å². The number of hydrogen-bond acceptors (Lipinski definition) is 6. The highest BCUT2D eigenvalue weighted by Crippen LogP contribution is 2.15. The molecule has 6 nitrogen and oxygen atoms in total. The van der Waals surface area contributed by atoms with Gasteiger partial charge in [-0.3, -0.25) is 14.4 Å². The number of allylic oxidation sites excluding steroid dienone is 8. The molecule has 0 radical (unpaired) electrons. The summed E-state index contributed by atoms with van der Waals surface area (Å²) in [6, 6.07) is 0. The molecular formula is C52H92O6. The highest BCUT2D eigenvalue weighted by molar-refractivity contribution is 5.71. The summed E-state index contributed by atoms with van der Waals surface area (Å²) in [5, 5.41) is 0. The predicted molar refractivity (Wildman–Crippen MR) is 247 cm³/mol. The van der Waals surface area contributed by atoms with E-state index in [1.807, 2.05) is 0 Å². The average molecular weight is 813 g/mol. The molecule has 0 aromatic rings. The molecular weight excluding hydrogens is 721 g/mol. The lowest BCUT2D eigenvalue weighted by molar-refractivity contribution is -0.167. The zero-order chi connectivity index (χ0) is 42.3. The van der Waals surface area contributed by atoms with Gasteiger partial charge in [-0.25, -0.2) is 0 Å². The van der Waals surface area contributed by atoms with Crippen LogP contribution in [0.5, 0.6) is 0 Å². The summed E-state index contributed by atoms with van der Waals surface area (Å²) >= 11 is 0. The molecule has 0 aliphatic carbocycles. The molecule has 0 rings (SSSR count). The SMILES string of the molecule is CC\C=C/C=C\C=C/CCCCCCCCCC(=O)OCC(COC(=O)CCCCCCCCCCCC)OC(=O)CCCCCCCCC/C=C\CCCCCC. The third-order valence-corrected chi connectivity index (χ3v) is 10.6. The summed E-state index contributed by atoms with van der Waals surface area (Å²) in [5.74, 6) is -0.891. The second kappa shape index (κ2) is 47.1. The van der Waals surface area contributed by atoms with E-state index in [-0.39, 0.29) is 31.1 Å². The van der Waals surface area contributed by atoms with E-state index < -0.39 is 6.10 Å². The Labute approximate surface area is 358 Å². The monoisotopic (exact) mass is 813 g/mol. The maximum Gasteiger partial charge on any atom is 0.306 e. The first-order valence-corrected chi connectivity index (χ1v) is 24.7. The first-order valence-electron chi connectivity index (χ1n) is 24.7. The van der Waals surface area contributed by atoms with Crippen LogP contribution in [0, 0.1) is 0 Å². The van der Waals surface area contributed by atoms with Gasteiger partial charge in [-0.1, -0.05) is 211 Å². The van der Waals surface area contributed by atoms with Crippen molar-refractivity contribution in [2.24, 2.45) is 0 Å². The van der Waals surface area contributed by atoms with Gasteiger partial charge in [0.1, 0.15) is 13.2 Å². The number of rotatable bonds is 44. The van der Waals surface area contributed by atoms with Crippen LogP contribution >= 0.6 is 0 Å². The van der Waals surface area contributed by atoms with E-state index in [2.05, 4.69) is 69.4 Å². The minimum absolute atomic E-state index is 0.0769. The van der Waals surface area contributed by atoms with E-state index in [0.29, 0.717) is 19.3 Å². The highest BCUT2D eigenvalue weighted by atomic mass is 16.6. The Morgan fingerprint density at radius 2 is 0.690 bits per heavy atom. The van der Waals surface area contributed by atoms with E-state index in [0.717, 1.165) is 70.6 Å². The maximum atomic E-state index is 12.8. The van der Waals surface area contributed by atoms with Crippen LogP contribution < -0.4 is 0 Å².